The van der Waals surface area contributed by atoms with Gasteiger partial charge in [-0.05, 0) is 63.3 Å². The zero-order chi connectivity index (χ0) is 19.6. The molecular formula is C23H35N3O2. The standard InChI is InChI=1S/C23H35N3O2/c1-24-14-13-23(12-11-22(24)27)18-26(16-15-25(23)2)17-19-7-9-21(10-8-19)28-20-5-3-4-6-20/h7-10,20H,3-6,11-18H2,1-2H3/t23-/m1/s1. The van der Waals surface area contributed by atoms with E-state index in [9.17, 15) is 4.79 Å². The summed E-state index contributed by atoms with van der Waals surface area (Å²) < 4.78 is 6.10. The summed E-state index contributed by atoms with van der Waals surface area (Å²) in [5, 5.41) is 0. The molecular weight excluding hydrogens is 350 g/mol. The predicted molar refractivity (Wildman–Crippen MR) is 111 cm³/mol. The van der Waals surface area contributed by atoms with Crippen LogP contribution in [0.4, 0.5) is 0 Å². The van der Waals surface area contributed by atoms with Crippen LogP contribution in [0.3, 0.4) is 0 Å². The molecule has 5 heteroatoms. The lowest BCUT2D eigenvalue weighted by molar-refractivity contribution is -0.129. The summed E-state index contributed by atoms with van der Waals surface area (Å²) in [7, 11) is 4.18. The number of carbonyl (C=O) groups is 1. The van der Waals surface area contributed by atoms with Crippen molar-refractivity contribution in [3.63, 3.8) is 0 Å². The molecule has 1 aliphatic carbocycles. The monoisotopic (exact) mass is 385 g/mol. The molecule has 154 valence electrons. The van der Waals surface area contributed by atoms with E-state index in [-0.39, 0.29) is 5.54 Å². The van der Waals surface area contributed by atoms with E-state index in [0.717, 1.165) is 51.3 Å². The van der Waals surface area contributed by atoms with Crippen molar-refractivity contribution in [2.24, 2.45) is 0 Å². The first kappa shape index (κ1) is 19.7. The lowest BCUT2D eigenvalue weighted by Crippen LogP contribution is -2.60. The van der Waals surface area contributed by atoms with Gasteiger partial charge < -0.3 is 9.64 Å². The summed E-state index contributed by atoms with van der Waals surface area (Å²) in [4.78, 5) is 19.1. The Morgan fingerprint density at radius 2 is 1.79 bits per heavy atom. The normalized spacial score (nSPS) is 28.1. The maximum absolute atomic E-state index is 12.2. The van der Waals surface area contributed by atoms with Crippen molar-refractivity contribution in [1.29, 1.82) is 0 Å². The Labute approximate surface area is 169 Å². The lowest BCUT2D eigenvalue weighted by atomic mass is 9.86. The summed E-state index contributed by atoms with van der Waals surface area (Å²) in [5.74, 6) is 1.30. The van der Waals surface area contributed by atoms with Crippen LogP contribution in [0.15, 0.2) is 24.3 Å². The van der Waals surface area contributed by atoms with Crippen LogP contribution < -0.4 is 4.74 Å². The minimum atomic E-state index is 0.129. The molecule has 5 nitrogen and oxygen atoms in total. The Bertz CT molecular complexity index is 671. The molecule has 1 atom stereocenters. The molecule has 3 aliphatic rings. The van der Waals surface area contributed by atoms with Crippen LogP contribution in [0.1, 0.15) is 50.5 Å². The zero-order valence-corrected chi connectivity index (χ0v) is 17.5. The molecule has 1 aromatic carbocycles. The summed E-state index contributed by atoms with van der Waals surface area (Å²) in [6.07, 6.45) is 8.12. The third-order valence-corrected chi connectivity index (χ3v) is 7.16. The molecule has 0 N–H and O–H groups in total. The summed E-state index contributed by atoms with van der Waals surface area (Å²) in [5.41, 5.74) is 1.48. The minimum Gasteiger partial charge on any atom is -0.490 e. The minimum absolute atomic E-state index is 0.129. The van der Waals surface area contributed by atoms with Gasteiger partial charge in [-0.15, -0.1) is 0 Å². The third kappa shape index (κ3) is 4.36. The molecule has 0 bridgehead atoms. The molecule has 2 aliphatic heterocycles. The van der Waals surface area contributed by atoms with Gasteiger partial charge in [0.2, 0.25) is 5.91 Å². The van der Waals surface area contributed by atoms with Crippen LogP contribution in [0, 0.1) is 0 Å². The third-order valence-electron chi connectivity index (χ3n) is 7.16. The highest BCUT2D eigenvalue weighted by molar-refractivity contribution is 5.76. The van der Waals surface area contributed by atoms with Gasteiger partial charge in [0, 0.05) is 51.7 Å². The number of rotatable bonds is 4. The average molecular weight is 386 g/mol. The predicted octanol–water partition coefficient (Wildman–Crippen LogP) is 3.14. The van der Waals surface area contributed by atoms with E-state index < -0.39 is 0 Å². The van der Waals surface area contributed by atoms with Crippen molar-refractivity contribution in [3.05, 3.63) is 29.8 Å². The van der Waals surface area contributed by atoms with Crippen LogP contribution in [0.5, 0.6) is 5.75 Å². The van der Waals surface area contributed by atoms with Crippen molar-refractivity contribution >= 4 is 5.91 Å². The molecule has 28 heavy (non-hydrogen) atoms. The quantitative estimate of drug-likeness (QED) is 0.798. The number of ether oxygens (including phenoxy) is 1. The first-order chi connectivity index (χ1) is 13.5. The highest BCUT2D eigenvalue weighted by Crippen LogP contribution is 2.32. The number of carbonyl (C=O) groups excluding carboxylic acids is 1. The van der Waals surface area contributed by atoms with Crippen LogP contribution in [-0.2, 0) is 11.3 Å². The largest absolute Gasteiger partial charge is 0.490 e. The molecule has 1 saturated carbocycles. The first-order valence-corrected chi connectivity index (χ1v) is 11.0. The Morgan fingerprint density at radius 1 is 1.04 bits per heavy atom. The number of benzene rings is 1. The van der Waals surface area contributed by atoms with Gasteiger partial charge in [0.05, 0.1) is 6.10 Å². The lowest BCUT2D eigenvalue weighted by Gasteiger charge is -2.49. The van der Waals surface area contributed by atoms with Gasteiger partial charge in [-0.2, -0.15) is 0 Å². The van der Waals surface area contributed by atoms with Gasteiger partial charge in [-0.3, -0.25) is 14.6 Å². The van der Waals surface area contributed by atoms with E-state index in [0.29, 0.717) is 18.4 Å². The molecule has 0 radical (unpaired) electrons. The number of likely N-dealkylation sites (N-methyl/N-ethyl adjacent to an activating group) is 1. The maximum atomic E-state index is 12.2. The molecule has 2 saturated heterocycles. The number of likely N-dealkylation sites (tertiary alicyclic amines) is 1. The summed E-state index contributed by atoms with van der Waals surface area (Å²) >= 11 is 0. The fraction of sp³-hybridized carbons (Fsp3) is 0.696. The molecule has 1 amide bonds. The van der Waals surface area contributed by atoms with E-state index in [1.165, 1.54) is 31.2 Å². The van der Waals surface area contributed by atoms with Crippen molar-refractivity contribution in [2.45, 2.75) is 63.1 Å². The Kier molecular flexibility index (Phi) is 5.93. The molecule has 4 rings (SSSR count). The van der Waals surface area contributed by atoms with Gasteiger partial charge in [0.15, 0.2) is 0 Å². The van der Waals surface area contributed by atoms with E-state index in [4.69, 9.17) is 4.74 Å². The van der Waals surface area contributed by atoms with Crippen molar-refractivity contribution in [3.8, 4) is 5.75 Å². The van der Waals surface area contributed by atoms with Gasteiger partial charge >= 0.3 is 0 Å². The smallest absolute Gasteiger partial charge is 0.222 e. The van der Waals surface area contributed by atoms with Gasteiger partial charge in [-0.1, -0.05) is 12.1 Å². The molecule has 2 heterocycles. The van der Waals surface area contributed by atoms with Gasteiger partial charge in [-0.25, -0.2) is 0 Å². The summed E-state index contributed by atoms with van der Waals surface area (Å²) in [6, 6.07) is 8.72. The molecule has 0 unspecified atom stereocenters. The highest BCUT2D eigenvalue weighted by Gasteiger charge is 2.41. The molecule has 1 spiro atoms. The number of nitrogens with zero attached hydrogens (tertiary/aromatic N) is 3. The summed E-state index contributed by atoms with van der Waals surface area (Å²) in [6.45, 7) is 5.04. The topological polar surface area (TPSA) is 36.0 Å². The van der Waals surface area contributed by atoms with Crippen LogP contribution in [0.25, 0.3) is 0 Å². The zero-order valence-electron chi connectivity index (χ0n) is 17.5. The number of hydrogen-bond donors (Lipinski definition) is 0. The van der Waals surface area contributed by atoms with Crippen LogP contribution >= 0.6 is 0 Å². The Morgan fingerprint density at radius 3 is 2.54 bits per heavy atom. The SMILES string of the molecule is CN1CC[C@]2(CCC1=O)CN(Cc1ccc(OC3CCCC3)cc1)CCN2C. The Hall–Kier alpha value is -1.59. The van der Waals surface area contributed by atoms with Gasteiger partial charge in [0.25, 0.3) is 0 Å². The number of piperazine rings is 1. The molecule has 3 fully saturated rings. The maximum Gasteiger partial charge on any atom is 0.222 e. The molecule has 1 aromatic rings. The second-order valence-electron chi connectivity index (χ2n) is 9.09. The van der Waals surface area contributed by atoms with Gasteiger partial charge in [0.1, 0.15) is 5.75 Å². The van der Waals surface area contributed by atoms with Crippen LogP contribution in [-0.4, -0.2) is 72.5 Å². The van der Waals surface area contributed by atoms with E-state index >= 15 is 0 Å². The fourth-order valence-corrected chi connectivity index (χ4v) is 5.11. The average Bonchev–Trinajstić information content (AvgIpc) is 3.16. The van der Waals surface area contributed by atoms with Crippen molar-refractivity contribution in [1.82, 2.24) is 14.7 Å². The fourth-order valence-electron chi connectivity index (χ4n) is 5.11. The van der Waals surface area contributed by atoms with Crippen molar-refractivity contribution in [2.75, 3.05) is 40.3 Å². The van der Waals surface area contributed by atoms with E-state index in [2.05, 4.69) is 41.1 Å². The van der Waals surface area contributed by atoms with E-state index in [1.807, 2.05) is 11.9 Å². The number of hydrogen-bond acceptors (Lipinski definition) is 4. The molecule has 0 aromatic heterocycles. The Balaban J connectivity index is 1.37. The van der Waals surface area contributed by atoms with E-state index in [1.54, 1.807) is 0 Å². The van der Waals surface area contributed by atoms with Crippen LogP contribution in [0.2, 0.25) is 0 Å². The van der Waals surface area contributed by atoms with Crippen molar-refractivity contribution < 1.29 is 9.53 Å². The first-order valence-electron chi connectivity index (χ1n) is 11.0. The highest BCUT2D eigenvalue weighted by atomic mass is 16.5. The number of amides is 1. The second-order valence-corrected chi connectivity index (χ2v) is 9.09. The second kappa shape index (κ2) is 8.42.